The van der Waals surface area contributed by atoms with E-state index in [1.165, 1.54) is 11.9 Å². The summed E-state index contributed by atoms with van der Waals surface area (Å²) >= 11 is 1.19. The summed E-state index contributed by atoms with van der Waals surface area (Å²) < 4.78 is 7.52. The molecule has 0 aliphatic carbocycles. The Morgan fingerprint density at radius 2 is 1.87 bits per heavy atom. The van der Waals surface area contributed by atoms with Gasteiger partial charge in [0.2, 0.25) is 0 Å². The summed E-state index contributed by atoms with van der Waals surface area (Å²) in [6, 6.07) is -0.604. The van der Waals surface area contributed by atoms with Crippen LogP contribution in [0.1, 0.15) is 27.7 Å². The maximum absolute atomic E-state index is 11.3. The molecule has 1 unspecified atom stereocenters. The lowest BCUT2D eigenvalue weighted by Crippen LogP contribution is -2.44. The van der Waals surface area contributed by atoms with Gasteiger partial charge in [0.05, 0.1) is 0 Å². The van der Waals surface area contributed by atoms with Gasteiger partial charge in [-0.25, -0.2) is 4.79 Å². The first-order chi connectivity index (χ1) is 6.76. The number of carbonyl (C=O) groups excluding carboxylic acids is 2. The van der Waals surface area contributed by atoms with E-state index in [9.17, 15) is 9.59 Å². The molecular formula is C9H18N2O3S. The summed E-state index contributed by atoms with van der Waals surface area (Å²) in [6.07, 6.45) is 1.14. The lowest BCUT2D eigenvalue weighted by molar-refractivity contribution is -0.120. The molecule has 0 saturated carbocycles. The number of amides is 2. The minimum Gasteiger partial charge on any atom is -0.444 e. The van der Waals surface area contributed by atoms with E-state index in [0.29, 0.717) is 0 Å². The van der Waals surface area contributed by atoms with Gasteiger partial charge < -0.3 is 10.1 Å². The molecule has 15 heavy (non-hydrogen) atoms. The van der Waals surface area contributed by atoms with Crippen LogP contribution in [0.5, 0.6) is 0 Å². The third kappa shape index (κ3) is 7.07. The molecule has 0 fully saturated rings. The van der Waals surface area contributed by atoms with Crippen molar-refractivity contribution in [2.45, 2.75) is 39.3 Å². The van der Waals surface area contributed by atoms with Crippen LogP contribution in [0.15, 0.2) is 0 Å². The Morgan fingerprint density at radius 1 is 1.33 bits per heavy atom. The molecule has 6 heteroatoms. The van der Waals surface area contributed by atoms with Crippen LogP contribution in [-0.2, 0) is 9.53 Å². The number of hydrogen-bond acceptors (Lipinski definition) is 4. The fourth-order valence-electron chi connectivity index (χ4n) is 0.739. The predicted molar refractivity (Wildman–Crippen MR) is 60.5 cm³/mol. The molecule has 2 N–H and O–H groups in total. The highest BCUT2D eigenvalue weighted by atomic mass is 32.2. The van der Waals surface area contributed by atoms with Crippen molar-refractivity contribution in [1.82, 2.24) is 10.0 Å². The quantitative estimate of drug-likeness (QED) is 0.722. The molecule has 0 aliphatic rings. The zero-order valence-electron chi connectivity index (χ0n) is 9.71. The Kier molecular flexibility index (Phi) is 5.49. The van der Waals surface area contributed by atoms with Crippen molar-refractivity contribution in [3.63, 3.8) is 0 Å². The highest BCUT2D eigenvalue weighted by Gasteiger charge is 2.20. The van der Waals surface area contributed by atoms with Gasteiger partial charge in [0.25, 0.3) is 5.91 Å². The van der Waals surface area contributed by atoms with Crippen molar-refractivity contribution in [2.24, 2.45) is 0 Å². The van der Waals surface area contributed by atoms with E-state index in [0.717, 1.165) is 0 Å². The van der Waals surface area contributed by atoms with E-state index < -0.39 is 17.7 Å². The second-order valence-corrected chi connectivity index (χ2v) is 4.65. The summed E-state index contributed by atoms with van der Waals surface area (Å²) in [4.78, 5) is 22.5. The Hall–Kier alpha value is -0.910. The smallest absolute Gasteiger partial charge is 0.408 e. The molecule has 88 valence electrons. The third-order valence-electron chi connectivity index (χ3n) is 1.33. The van der Waals surface area contributed by atoms with Crippen molar-refractivity contribution in [3.05, 3.63) is 0 Å². The fourth-order valence-corrected chi connectivity index (χ4v) is 1.12. The van der Waals surface area contributed by atoms with Crippen molar-refractivity contribution < 1.29 is 14.3 Å². The molecule has 0 radical (unpaired) electrons. The van der Waals surface area contributed by atoms with Gasteiger partial charge in [0.1, 0.15) is 11.6 Å². The average molecular weight is 234 g/mol. The van der Waals surface area contributed by atoms with E-state index in [1.54, 1.807) is 34.0 Å². The molecule has 0 saturated heterocycles. The summed E-state index contributed by atoms with van der Waals surface area (Å²) in [5.74, 6) is -0.256. The second kappa shape index (κ2) is 5.85. The number of alkyl carbamates (subject to hydrolysis) is 1. The molecule has 0 heterocycles. The van der Waals surface area contributed by atoms with Gasteiger partial charge in [-0.05, 0) is 27.7 Å². The zero-order chi connectivity index (χ0) is 12.1. The van der Waals surface area contributed by atoms with Crippen LogP contribution in [0.2, 0.25) is 0 Å². The van der Waals surface area contributed by atoms with Crippen molar-refractivity contribution in [1.29, 1.82) is 0 Å². The minimum atomic E-state index is -0.604. The molecule has 0 aliphatic heterocycles. The Morgan fingerprint density at radius 3 is 2.27 bits per heavy atom. The fraction of sp³-hybridized carbons (Fsp3) is 0.778. The first-order valence-electron chi connectivity index (χ1n) is 4.58. The summed E-state index contributed by atoms with van der Waals surface area (Å²) in [7, 11) is 0. The minimum absolute atomic E-state index is 0.256. The van der Waals surface area contributed by atoms with Gasteiger partial charge in [-0.1, -0.05) is 11.9 Å². The Labute approximate surface area is 94.5 Å². The van der Waals surface area contributed by atoms with E-state index in [2.05, 4.69) is 10.0 Å². The van der Waals surface area contributed by atoms with Crippen molar-refractivity contribution in [2.75, 3.05) is 6.26 Å². The summed E-state index contributed by atoms with van der Waals surface area (Å²) in [6.45, 7) is 6.88. The van der Waals surface area contributed by atoms with Crippen molar-refractivity contribution >= 4 is 23.9 Å². The van der Waals surface area contributed by atoms with E-state index in [-0.39, 0.29) is 5.91 Å². The molecule has 0 spiro atoms. The summed E-state index contributed by atoms with van der Waals surface area (Å²) in [5, 5.41) is 2.43. The molecule has 0 aromatic heterocycles. The van der Waals surface area contributed by atoms with Crippen LogP contribution in [0, 0.1) is 0 Å². The molecule has 0 rings (SSSR count). The molecule has 0 bridgehead atoms. The first kappa shape index (κ1) is 14.1. The largest absolute Gasteiger partial charge is 0.444 e. The van der Waals surface area contributed by atoms with Crippen LogP contribution in [-0.4, -0.2) is 29.9 Å². The maximum atomic E-state index is 11.3. The van der Waals surface area contributed by atoms with Gasteiger partial charge in [-0.2, -0.15) is 0 Å². The summed E-state index contributed by atoms with van der Waals surface area (Å²) in [5.41, 5.74) is -0.556. The van der Waals surface area contributed by atoms with Gasteiger partial charge >= 0.3 is 6.09 Å². The molecule has 5 nitrogen and oxygen atoms in total. The third-order valence-corrected chi connectivity index (χ3v) is 1.73. The Balaban J connectivity index is 4.02. The number of rotatable bonds is 3. The molecular weight excluding hydrogens is 216 g/mol. The van der Waals surface area contributed by atoms with Crippen molar-refractivity contribution in [3.8, 4) is 0 Å². The highest BCUT2D eigenvalue weighted by molar-refractivity contribution is 7.97. The predicted octanol–water partition coefficient (Wildman–Crippen LogP) is 1.29. The van der Waals surface area contributed by atoms with Gasteiger partial charge in [-0.3, -0.25) is 9.52 Å². The van der Waals surface area contributed by atoms with E-state index in [1.807, 2.05) is 0 Å². The zero-order valence-corrected chi connectivity index (χ0v) is 10.5. The Bertz CT molecular complexity index is 238. The van der Waals surface area contributed by atoms with Crippen LogP contribution in [0.25, 0.3) is 0 Å². The molecule has 0 aromatic rings. The second-order valence-electron chi connectivity index (χ2n) is 4.04. The van der Waals surface area contributed by atoms with Gasteiger partial charge in [0, 0.05) is 6.26 Å². The molecule has 2 amide bonds. The average Bonchev–Trinajstić information content (AvgIpc) is 2.00. The van der Waals surface area contributed by atoms with Gasteiger partial charge in [-0.15, -0.1) is 0 Å². The monoisotopic (exact) mass is 234 g/mol. The van der Waals surface area contributed by atoms with Crippen LogP contribution < -0.4 is 10.0 Å². The van der Waals surface area contributed by atoms with E-state index in [4.69, 9.17) is 4.74 Å². The SMILES string of the molecule is CSNC(=O)C(C)NC(=O)OC(C)(C)C. The maximum Gasteiger partial charge on any atom is 0.408 e. The van der Waals surface area contributed by atoms with E-state index >= 15 is 0 Å². The van der Waals surface area contributed by atoms with Crippen LogP contribution >= 0.6 is 11.9 Å². The normalized spacial score (nSPS) is 12.9. The number of hydrogen-bond donors (Lipinski definition) is 2. The first-order valence-corrected chi connectivity index (χ1v) is 5.81. The van der Waals surface area contributed by atoms with Crippen LogP contribution in [0.3, 0.4) is 0 Å². The van der Waals surface area contributed by atoms with Crippen LogP contribution in [0.4, 0.5) is 4.79 Å². The molecule has 0 aromatic carbocycles. The number of nitrogens with one attached hydrogen (secondary N) is 2. The lowest BCUT2D eigenvalue weighted by atomic mass is 10.2. The number of ether oxygens (including phenoxy) is 1. The lowest BCUT2D eigenvalue weighted by Gasteiger charge is -2.21. The highest BCUT2D eigenvalue weighted by Crippen LogP contribution is 2.06. The van der Waals surface area contributed by atoms with Gasteiger partial charge in [0.15, 0.2) is 0 Å². The topological polar surface area (TPSA) is 67.4 Å². The number of carbonyl (C=O) groups is 2. The molecule has 1 atom stereocenters. The standard InChI is InChI=1S/C9H18N2O3S/c1-6(7(12)11-15-5)10-8(13)14-9(2,3)4/h6H,1-5H3,(H,10,13)(H,11,12).